The van der Waals surface area contributed by atoms with Crippen molar-refractivity contribution in [3.63, 3.8) is 0 Å². The molecule has 1 aliphatic rings. The van der Waals surface area contributed by atoms with E-state index in [-0.39, 0.29) is 18.9 Å². The monoisotopic (exact) mass is 366 g/mol. The first-order chi connectivity index (χ1) is 11.8. The Morgan fingerprint density at radius 2 is 1.80 bits per heavy atom. The molecule has 3 rings (SSSR count). The number of hydrogen-bond acceptors (Lipinski definition) is 3. The summed E-state index contributed by atoms with van der Waals surface area (Å²) in [6, 6.07) is 8.74. The van der Waals surface area contributed by atoms with Gasteiger partial charge in [-0.1, -0.05) is 17.7 Å². The Balaban J connectivity index is 1.79. The van der Waals surface area contributed by atoms with E-state index in [9.17, 15) is 22.0 Å². The number of carbonyl (C=O) groups excluding carboxylic acids is 1. The van der Waals surface area contributed by atoms with Crippen LogP contribution < -0.4 is 9.62 Å². The van der Waals surface area contributed by atoms with E-state index in [1.54, 1.807) is 12.1 Å². The smallest absolute Gasteiger partial charge is 0.243 e. The van der Waals surface area contributed by atoms with Gasteiger partial charge >= 0.3 is 0 Å². The second-order valence-corrected chi connectivity index (χ2v) is 7.62. The van der Waals surface area contributed by atoms with Crippen molar-refractivity contribution in [2.24, 2.45) is 0 Å². The molecule has 0 unspecified atom stereocenters. The van der Waals surface area contributed by atoms with Gasteiger partial charge in [0.1, 0.15) is 16.5 Å². The Labute approximate surface area is 144 Å². The number of hydrogen-bond donors (Lipinski definition) is 1. The highest BCUT2D eigenvalue weighted by Crippen LogP contribution is 2.24. The molecule has 132 valence electrons. The highest BCUT2D eigenvalue weighted by atomic mass is 32.2. The average Bonchev–Trinajstić information content (AvgIpc) is 2.90. The van der Waals surface area contributed by atoms with E-state index in [2.05, 4.69) is 4.72 Å². The van der Waals surface area contributed by atoms with E-state index < -0.39 is 32.6 Å². The van der Waals surface area contributed by atoms with Crippen LogP contribution in [-0.2, 0) is 14.8 Å². The highest BCUT2D eigenvalue weighted by molar-refractivity contribution is 7.89. The van der Waals surface area contributed by atoms with Gasteiger partial charge in [-0.25, -0.2) is 21.9 Å². The van der Waals surface area contributed by atoms with Crippen LogP contribution in [0.4, 0.5) is 14.5 Å². The van der Waals surface area contributed by atoms with Gasteiger partial charge in [-0.3, -0.25) is 4.79 Å². The fourth-order valence-corrected chi connectivity index (χ4v) is 4.04. The Morgan fingerprint density at radius 1 is 1.12 bits per heavy atom. The predicted octanol–water partition coefficient (Wildman–Crippen LogP) is 2.36. The number of anilines is 1. The summed E-state index contributed by atoms with van der Waals surface area (Å²) in [4.78, 5) is 12.9. The van der Waals surface area contributed by atoms with Gasteiger partial charge in [-0.15, -0.1) is 0 Å². The maximum atomic E-state index is 13.7. The third kappa shape index (κ3) is 3.69. The summed E-state index contributed by atoms with van der Waals surface area (Å²) in [5.74, 6) is -2.14. The minimum atomic E-state index is -4.28. The van der Waals surface area contributed by atoms with Crippen LogP contribution in [0, 0.1) is 18.6 Å². The summed E-state index contributed by atoms with van der Waals surface area (Å²) in [7, 11) is -4.28. The van der Waals surface area contributed by atoms with Crippen LogP contribution in [0.3, 0.4) is 0 Å². The van der Waals surface area contributed by atoms with E-state index >= 15 is 0 Å². The number of nitrogens with zero attached hydrogens (tertiary/aromatic N) is 1. The number of amides is 1. The molecule has 1 amide bonds. The van der Waals surface area contributed by atoms with Crippen LogP contribution >= 0.6 is 0 Å². The van der Waals surface area contributed by atoms with Crippen molar-refractivity contribution >= 4 is 21.6 Å². The Morgan fingerprint density at radius 3 is 2.48 bits per heavy atom. The molecule has 2 aromatic carbocycles. The summed E-state index contributed by atoms with van der Waals surface area (Å²) in [5, 5.41) is 0. The molecule has 0 radical (unpaired) electrons. The van der Waals surface area contributed by atoms with Crippen LogP contribution in [0.2, 0.25) is 0 Å². The molecule has 1 aliphatic heterocycles. The number of carbonyl (C=O) groups is 1. The zero-order valence-corrected chi connectivity index (χ0v) is 14.2. The molecule has 0 saturated carbocycles. The van der Waals surface area contributed by atoms with Gasteiger partial charge in [-0.05, 0) is 37.3 Å². The molecule has 1 atom stereocenters. The van der Waals surface area contributed by atoms with Crippen molar-refractivity contribution in [2.45, 2.75) is 24.3 Å². The molecule has 1 saturated heterocycles. The van der Waals surface area contributed by atoms with Gasteiger partial charge in [0, 0.05) is 24.7 Å². The molecule has 0 bridgehead atoms. The average molecular weight is 366 g/mol. The van der Waals surface area contributed by atoms with Crippen LogP contribution in [0.15, 0.2) is 47.4 Å². The zero-order chi connectivity index (χ0) is 18.2. The van der Waals surface area contributed by atoms with Gasteiger partial charge in [0.05, 0.1) is 0 Å². The lowest BCUT2D eigenvalue weighted by molar-refractivity contribution is -0.117. The molecular formula is C17H16F2N2O3S. The summed E-state index contributed by atoms with van der Waals surface area (Å²) in [6.07, 6.45) is -0.0515. The normalized spacial score (nSPS) is 18.0. The van der Waals surface area contributed by atoms with E-state index in [0.29, 0.717) is 11.8 Å². The second-order valence-electron chi connectivity index (χ2n) is 5.94. The van der Waals surface area contributed by atoms with Crippen molar-refractivity contribution in [3.8, 4) is 0 Å². The van der Waals surface area contributed by atoms with E-state index in [0.717, 1.165) is 17.7 Å². The topological polar surface area (TPSA) is 66.5 Å². The minimum absolute atomic E-state index is 0.0515. The largest absolute Gasteiger partial charge is 0.311 e. The van der Waals surface area contributed by atoms with Crippen molar-refractivity contribution in [2.75, 3.05) is 11.4 Å². The molecule has 0 spiro atoms. The lowest BCUT2D eigenvalue weighted by Crippen LogP contribution is -2.37. The standard InChI is InChI=1S/C17H16F2N2O3S/c1-11-2-5-14(6-3-11)21-10-13(9-17(21)22)20-25(23,24)16-8-12(18)4-7-15(16)19/h2-8,13,20H,9-10H2,1H3/t13-/m0/s1. The molecule has 0 aromatic heterocycles. The highest BCUT2D eigenvalue weighted by Gasteiger charge is 2.34. The molecule has 1 N–H and O–H groups in total. The third-order valence-corrected chi connectivity index (χ3v) is 5.51. The quantitative estimate of drug-likeness (QED) is 0.903. The molecule has 25 heavy (non-hydrogen) atoms. The lowest BCUT2D eigenvalue weighted by atomic mass is 10.2. The van der Waals surface area contributed by atoms with Crippen molar-refractivity contribution < 1.29 is 22.0 Å². The van der Waals surface area contributed by atoms with E-state index in [1.807, 2.05) is 19.1 Å². The summed E-state index contributed by atoms with van der Waals surface area (Å²) in [5.41, 5.74) is 1.70. The van der Waals surface area contributed by atoms with E-state index in [1.165, 1.54) is 4.90 Å². The Hall–Kier alpha value is -2.32. The second kappa shape index (κ2) is 6.53. The predicted molar refractivity (Wildman–Crippen MR) is 88.6 cm³/mol. The number of rotatable bonds is 4. The number of benzene rings is 2. The zero-order valence-electron chi connectivity index (χ0n) is 13.4. The Kier molecular flexibility index (Phi) is 4.57. The number of sulfonamides is 1. The van der Waals surface area contributed by atoms with Gasteiger partial charge < -0.3 is 4.90 Å². The maximum absolute atomic E-state index is 13.7. The van der Waals surface area contributed by atoms with Gasteiger partial charge in [0.25, 0.3) is 0 Å². The molecule has 8 heteroatoms. The van der Waals surface area contributed by atoms with Crippen LogP contribution in [0.1, 0.15) is 12.0 Å². The minimum Gasteiger partial charge on any atom is -0.311 e. The molecule has 0 aliphatic carbocycles. The number of nitrogens with one attached hydrogen (secondary N) is 1. The van der Waals surface area contributed by atoms with E-state index in [4.69, 9.17) is 0 Å². The molecular weight excluding hydrogens is 350 g/mol. The van der Waals surface area contributed by atoms with Gasteiger partial charge in [-0.2, -0.15) is 0 Å². The molecule has 1 fully saturated rings. The molecule has 1 heterocycles. The summed E-state index contributed by atoms with van der Waals surface area (Å²) < 4.78 is 53.9. The van der Waals surface area contributed by atoms with Gasteiger partial charge in [0.2, 0.25) is 15.9 Å². The first-order valence-corrected chi connectivity index (χ1v) is 9.09. The van der Waals surface area contributed by atoms with Crippen LogP contribution in [0.25, 0.3) is 0 Å². The first kappa shape index (κ1) is 17.5. The fraction of sp³-hybridized carbons (Fsp3) is 0.235. The molecule has 5 nitrogen and oxygen atoms in total. The number of halogens is 2. The Bertz CT molecular complexity index is 914. The van der Waals surface area contributed by atoms with Crippen molar-refractivity contribution in [1.82, 2.24) is 4.72 Å². The first-order valence-electron chi connectivity index (χ1n) is 7.61. The summed E-state index contributed by atoms with van der Waals surface area (Å²) >= 11 is 0. The SMILES string of the molecule is Cc1ccc(N2C[C@@H](NS(=O)(=O)c3cc(F)ccc3F)CC2=O)cc1. The van der Waals surface area contributed by atoms with Crippen molar-refractivity contribution in [3.05, 3.63) is 59.7 Å². The van der Waals surface area contributed by atoms with Crippen LogP contribution in [0.5, 0.6) is 0 Å². The third-order valence-electron chi connectivity index (χ3n) is 3.98. The number of aryl methyl sites for hydroxylation is 1. The maximum Gasteiger partial charge on any atom is 0.243 e. The van der Waals surface area contributed by atoms with Crippen molar-refractivity contribution in [1.29, 1.82) is 0 Å². The summed E-state index contributed by atoms with van der Waals surface area (Å²) in [6.45, 7) is 2.04. The van der Waals surface area contributed by atoms with Crippen LogP contribution in [-0.4, -0.2) is 26.9 Å². The van der Waals surface area contributed by atoms with Gasteiger partial charge in [0.15, 0.2) is 0 Å². The lowest BCUT2D eigenvalue weighted by Gasteiger charge is -2.17. The molecule has 2 aromatic rings. The fourth-order valence-electron chi connectivity index (χ4n) is 2.73.